The molecule has 1 aliphatic rings. The number of hydrogen-bond acceptors (Lipinski definition) is 5. The molecule has 3 aromatic rings. The number of hydrogen-bond donors (Lipinski definition) is 1. The summed E-state index contributed by atoms with van der Waals surface area (Å²) in [6.07, 6.45) is 3.50. The first kappa shape index (κ1) is 14.0. The van der Waals surface area contributed by atoms with Gasteiger partial charge >= 0.3 is 0 Å². The quantitative estimate of drug-likeness (QED) is 0.805. The van der Waals surface area contributed by atoms with Crippen molar-refractivity contribution in [3.8, 4) is 5.75 Å². The molecule has 6 nitrogen and oxygen atoms in total. The number of nitrogens with one attached hydrogen (secondary N) is 1. The summed E-state index contributed by atoms with van der Waals surface area (Å²) in [6, 6.07) is 10.0. The highest BCUT2D eigenvalue weighted by Crippen LogP contribution is 2.29. The number of benzene rings is 1. The lowest BCUT2D eigenvalue weighted by molar-refractivity contribution is 0.0395. The Hall–Kier alpha value is -2.60. The smallest absolute Gasteiger partial charge is 0.142 e. The van der Waals surface area contributed by atoms with E-state index >= 15 is 0 Å². The molecule has 3 heterocycles. The Balaban J connectivity index is 1.63. The van der Waals surface area contributed by atoms with Crippen LogP contribution in [0, 0.1) is 0 Å². The summed E-state index contributed by atoms with van der Waals surface area (Å²) in [5, 5.41) is 1.04. The second-order valence-electron chi connectivity index (χ2n) is 5.52. The number of aromatic amines is 1. The Kier molecular flexibility index (Phi) is 3.59. The average Bonchev–Trinajstić information content (AvgIpc) is 3.10. The molecule has 1 unspecified atom stereocenters. The molecule has 4 rings (SSSR count). The van der Waals surface area contributed by atoms with E-state index in [1.165, 1.54) is 0 Å². The number of H-pyrrole nitrogens is 1. The summed E-state index contributed by atoms with van der Waals surface area (Å²) in [4.78, 5) is 14.1. The maximum atomic E-state index is 5.96. The van der Waals surface area contributed by atoms with Crippen LogP contribution in [0.15, 0.2) is 42.9 Å². The van der Waals surface area contributed by atoms with Crippen LogP contribution in [0.2, 0.25) is 0 Å². The number of ether oxygens (including phenoxy) is 2. The van der Waals surface area contributed by atoms with Crippen LogP contribution >= 0.6 is 0 Å². The van der Waals surface area contributed by atoms with Crippen molar-refractivity contribution in [1.29, 1.82) is 0 Å². The number of fused-ring (bicyclic) bond motifs is 1. The molecule has 23 heavy (non-hydrogen) atoms. The number of morpholine rings is 1. The summed E-state index contributed by atoms with van der Waals surface area (Å²) in [6.45, 7) is 2.24. The van der Waals surface area contributed by atoms with Gasteiger partial charge in [-0.1, -0.05) is 12.1 Å². The summed E-state index contributed by atoms with van der Waals surface area (Å²) < 4.78 is 11.3. The zero-order valence-electron chi connectivity index (χ0n) is 12.9. The number of aromatic nitrogens is 3. The van der Waals surface area contributed by atoms with E-state index in [4.69, 9.17) is 9.47 Å². The third-order valence-corrected chi connectivity index (χ3v) is 4.16. The van der Waals surface area contributed by atoms with Crippen molar-refractivity contribution in [3.05, 3.63) is 48.4 Å². The maximum Gasteiger partial charge on any atom is 0.142 e. The summed E-state index contributed by atoms with van der Waals surface area (Å²) in [7, 11) is 1.68. The first-order valence-electron chi connectivity index (χ1n) is 7.64. The van der Waals surface area contributed by atoms with Crippen LogP contribution in [0.25, 0.3) is 11.0 Å². The van der Waals surface area contributed by atoms with Gasteiger partial charge in [-0.3, -0.25) is 0 Å². The van der Waals surface area contributed by atoms with Crippen molar-refractivity contribution in [2.45, 2.75) is 6.10 Å². The van der Waals surface area contributed by atoms with Crippen LogP contribution in [0.3, 0.4) is 0 Å². The van der Waals surface area contributed by atoms with Crippen LogP contribution in [-0.4, -0.2) is 41.8 Å². The Labute approximate surface area is 134 Å². The normalized spacial score (nSPS) is 18.3. The summed E-state index contributed by atoms with van der Waals surface area (Å²) >= 11 is 0. The van der Waals surface area contributed by atoms with Crippen molar-refractivity contribution in [1.82, 2.24) is 15.0 Å². The van der Waals surface area contributed by atoms with Crippen LogP contribution in [-0.2, 0) is 4.74 Å². The zero-order valence-corrected chi connectivity index (χ0v) is 12.9. The van der Waals surface area contributed by atoms with Gasteiger partial charge in [0.2, 0.25) is 0 Å². The largest absolute Gasteiger partial charge is 0.497 e. The van der Waals surface area contributed by atoms with E-state index < -0.39 is 0 Å². The summed E-state index contributed by atoms with van der Waals surface area (Å²) in [5.41, 5.74) is 1.98. The first-order valence-corrected chi connectivity index (χ1v) is 7.64. The molecule has 1 fully saturated rings. The van der Waals surface area contributed by atoms with Crippen molar-refractivity contribution in [2.75, 3.05) is 31.7 Å². The first-order chi connectivity index (χ1) is 11.3. The monoisotopic (exact) mass is 310 g/mol. The third kappa shape index (κ3) is 2.61. The highest BCUT2D eigenvalue weighted by Gasteiger charge is 2.24. The van der Waals surface area contributed by atoms with Gasteiger partial charge in [-0.15, -0.1) is 0 Å². The molecule has 0 amide bonds. The molecule has 1 aliphatic heterocycles. The van der Waals surface area contributed by atoms with Gasteiger partial charge < -0.3 is 19.4 Å². The minimum atomic E-state index is 0.00260. The van der Waals surface area contributed by atoms with Gasteiger partial charge in [0.25, 0.3) is 0 Å². The van der Waals surface area contributed by atoms with Gasteiger partial charge in [0.15, 0.2) is 0 Å². The fourth-order valence-electron chi connectivity index (χ4n) is 3.00. The number of methoxy groups -OCH3 is 1. The molecule has 6 heteroatoms. The Morgan fingerprint density at radius 2 is 2.26 bits per heavy atom. The van der Waals surface area contributed by atoms with E-state index in [1.807, 2.05) is 30.5 Å². The minimum Gasteiger partial charge on any atom is -0.497 e. The van der Waals surface area contributed by atoms with Crippen LogP contribution < -0.4 is 9.64 Å². The molecular formula is C17H18N4O2. The number of rotatable bonds is 3. The van der Waals surface area contributed by atoms with E-state index in [1.54, 1.807) is 13.4 Å². The third-order valence-electron chi connectivity index (χ3n) is 4.16. The van der Waals surface area contributed by atoms with Crippen molar-refractivity contribution in [3.63, 3.8) is 0 Å². The Morgan fingerprint density at radius 1 is 1.30 bits per heavy atom. The lowest BCUT2D eigenvalue weighted by Crippen LogP contribution is -2.39. The molecule has 0 saturated carbocycles. The lowest BCUT2D eigenvalue weighted by atomic mass is 10.1. The highest BCUT2D eigenvalue weighted by atomic mass is 16.5. The number of nitrogens with zero attached hydrogens (tertiary/aromatic N) is 3. The van der Waals surface area contributed by atoms with E-state index in [-0.39, 0.29) is 6.10 Å². The van der Waals surface area contributed by atoms with Gasteiger partial charge in [-0.05, 0) is 23.8 Å². The molecule has 0 aliphatic carbocycles. The zero-order chi connectivity index (χ0) is 15.6. The predicted octanol–water partition coefficient (Wildman–Crippen LogP) is 2.54. The SMILES string of the molecule is COc1cccc(C2CN(c3ncnc4[nH]ccc34)CCO2)c1. The topological polar surface area (TPSA) is 63.3 Å². The highest BCUT2D eigenvalue weighted by molar-refractivity contribution is 5.87. The molecule has 1 aromatic carbocycles. The molecule has 2 aromatic heterocycles. The average molecular weight is 310 g/mol. The molecule has 0 spiro atoms. The van der Waals surface area contributed by atoms with Gasteiger partial charge in [0.1, 0.15) is 29.6 Å². The Bertz CT molecular complexity index is 817. The van der Waals surface area contributed by atoms with Gasteiger partial charge in [-0.2, -0.15) is 0 Å². The molecule has 0 bridgehead atoms. The van der Waals surface area contributed by atoms with Crippen LogP contribution in [0.1, 0.15) is 11.7 Å². The fourth-order valence-corrected chi connectivity index (χ4v) is 3.00. The molecule has 0 radical (unpaired) electrons. The number of anilines is 1. The van der Waals surface area contributed by atoms with Crippen LogP contribution in [0.4, 0.5) is 5.82 Å². The van der Waals surface area contributed by atoms with E-state index in [9.17, 15) is 0 Å². The van der Waals surface area contributed by atoms with Gasteiger partial charge in [-0.25, -0.2) is 9.97 Å². The van der Waals surface area contributed by atoms with E-state index in [0.29, 0.717) is 6.61 Å². The lowest BCUT2D eigenvalue weighted by Gasteiger charge is -2.34. The van der Waals surface area contributed by atoms with E-state index in [2.05, 4.69) is 25.9 Å². The summed E-state index contributed by atoms with van der Waals surface area (Å²) in [5.74, 6) is 1.80. The van der Waals surface area contributed by atoms with Crippen molar-refractivity contribution in [2.24, 2.45) is 0 Å². The molecule has 1 atom stereocenters. The molecular weight excluding hydrogens is 292 g/mol. The maximum absolute atomic E-state index is 5.96. The minimum absolute atomic E-state index is 0.00260. The van der Waals surface area contributed by atoms with E-state index in [0.717, 1.165) is 41.3 Å². The van der Waals surface area contributed by atoms with Gasteiger partial charge in [0, 0.05) is 19.3 Å². The Morgan fingerprint density at radius 3 is 3.17 bits per heavy atom. The van der Waals surface area contributed by atoms with Gasteiger partial charge in [0.05, 0.1) is 19.1 Å². The molecule has 1 saturated heterocycles. The molecule has 118 valence electrons. The molecule has 1 N–H and O–H groups in total. The second-order valence-corrected chi connectivity index (χ2v) is 5.52. The van der Waals surface area contributed by atoms with Crippen molar-refractivity contribution < 1.29 is 9.47 Å². The second kappa shape index (κ2) is 5.89. The van der Waals surface area contributed by atoms with Crippen molar-refractivity contribution >= 4 is 16.9 Å². The fraction of sp³-hybridized carbons (Fsp3) is 0.294. The predicted molar refractivity (Wildman–Crippen MR) is 87.8 cm³/mol. The standard InChI is InChI=1S/C17H18N4O2/c1-22-13-4-2-3-12(9-13)15-10-21(7-8-23-15)17-14-5-6-18-16(14)19-11-20-17/h2-6,9,11,15H,7-8,10H2,1H3,(H,18,19,20). The van der Waals surface area contributed by atoms with Crippen LogP contribution in [0.5, 0.6) is 5.75 Å².